The Labute approximate surface area is 116 Å². The molecule has 8 heteroatoms. The van der Waals surface area contributed by atoms with Crippen molar-refractivity contribution in [1.29, 1.82) is 0 Å². The van der Waals surface area contributed by atoms with Crippen molar-refractivity contribution >= 4 is 23.0 Å². The first-order valence-electron chi connectivity index (χ1n) is 5.61. The van der Waals surface area contributed by atoms with Crippen LogP contribution in [0.3, 0.4) is 0 Å². The first kappa shape index (κ1) is 14.4. The van der Waals surface area contributed by atoms with Crippen LogP contribution < -0.4 is 5.32 Å². The molecule has 0 fully saturated rings. The van der Waals surface area contributed by atoms with Gasteiger partial charge in [0.1, 0.15) is 11.6 Å². The minimum atomic E-state index is -1.35. The van der Waals surface area contributed by atoms with Crippen molar-refractivity contribution in [2.45, 2.75) is 0 Å². The van der Waals surface area contributed by atoms with E-state index in [2.05, 4.69) is 5.32 Å². The van der Waals surface area contributed by atoms with Crippen LogP contribution in [-0.2, 0) is 0 Å². The van der Waals surface area contributed by atoms with Crippen LogP contribution in [-0.4, -0.2) is 16.0 Å². The molecule has 108 valence electrons. The Kier molecular flexibility index (Phi) is 3.79. The number of nitro groups is 1. The summed E-state index contributed by atoms with van der Waals surface area (Å²) in [6.07, 6.45) is 0. The number of non-ortho nitro benzene ring substituents is 1. The number of carbonyl (C=O) groups is 1. The number of benzene rings is 2. The maximum absolute atomic E-state index is 13.1. The zero-order chi connectivity index (χ0) is 15.6. The van der Waals surface area contributed by atoms with Crippen LogP contribution in [0.25, 0.3) is 0 Å². The second-order valence-electron chi connectivity index (χ2n) is 4.11. The molecule has 2 N–H and O–H groups in total. The second-order valence-corrected chi connectivity index (χ2v) is 4.11. The lowest BCUT2D eigenvalue weighted by molar-refractivity contribution is -0.384. The summed E-state index contributed by atoms with van der Waals surface area (Å²) in [5.74, 6) is -3.02. The summed E-state index contributed by atoms with van der Waals surface area (Å²) in [7, 11) is 0. The first-order valence-corrected chi connectivity index (χ1v) is 5.61. The lowest BCUT2D eigenvalue weighted by Gasteiger charge is -2.08. The van der Waals surface area contributed by atoms with Crippen molar-refractivity contribution in [3.63, 3.8) is 0 Å². The fourth-order valence-corrected chi connectivity index (χ4v) is 1.70. The summed E-state index contributed by atoms with van der Waals surface area (Å²) in [4.78, 5) is 20.9. The Morgan fingerprint density at radius 1 is 1.05 bits per heavy atom. The van der Waals surface area contributed by atoms with Crippen molar-refractivity contribution in [3.05, 3.63) is 63.7 Å². The van der Waals surface area contributed by atoms with Crippen LogP contribution >= 0.6 is 0 Å². The van der Waals surface area contributed by atoms with E-state index in [1.54, 1.807) is 0 Å². The monoisotopic (exact) mass is 294 g/mol. The molecule has 0 aliphatic carbocycles. The van der Waals surface area contributed by atoms with Crippen LogP contribution in [0.5, 0.6) is 0 Å². The molecular weight excluding hydrogens is 286 g/mol. The predicted octanol–water partition coefficient (Wildman–Crippen LogP) is 3.31. The standard InChI is InChI=1S/C13H8F2N2O4/c14-8-3-9(15)5-11(4-8)16-10-1-7(13(18)19)2-12(6-10)17(20)21/h1-6,16H,(H,18,19). The molecule has 0 saturated carbocycles. The SMILES string of the molecule is O=C(O)c1cc(Nc2cc(F)cc(F)c2)cc([N+](=O)[O-])c1. The highest BCUT2D eigenvalue weighted by atomic mass is 19.1. The molecule has 0 unspecified atom stereocenters. The number of anilines is 2. The fraction of sp³-hybridized carbons (Fsp3) is 0. The van der Waals surface area contributed by atoms with Crippen molar-refractivity contribution in [1.82, 2.24) is 0 Å². The maximum Gasteiger partial charge on any atom is 0.336 e. The third-order valence-corrected chi connectivity index (χ3v) is 2.53. The highest BCUT2D eigenvalue weighted by molar-refractivity contribution is 5.90. The van der Waals surface area contributed by atoms with E-state index in [-0.39, 0.29) is 16.9 Å². The van der Waals surface area contributed by atoms with Crippen molar-refractivity contribution in [2.24, 2.45) is 0 Å². The van der Waals surface area contributed by atoms with E-state index in [9.17, 15) is 23.7 Å². The van der Waals surface area contributed by atoms with Gasteiger partial charge < -0.3 is 10.4 Å². The number of aromatic carboxylic acids is 1. The summed E-state index contributed by atoms with van der Waals surface area (Å²) >= 11 is 0. The van der Waals surface area contributed by atoms with E-state index in [0.29, 0.717) is 6.07 Å². The highest BCUT2D eigenvalue weighted by Crippen LogP contribution is 2.25. The maximum atomic E-state index is 13.1. The van der Waals surface area contributed by atoms with Gasteiger partial charge in [-0.25, -0.2) is 13.6 Å². The summed E-state index contributed by atoms with van der Waals surface area (Å²) in [6, 6.07) is 5.69. The molecule has 0 heterocycles. The molecule has 0 radical (unpaired) electrons. The van der Waals surface area contributed by atoms with E-state index in [1.165, 1.54) is 0 Å². The summed E-state index contributed by atoms with van der Waals surface area (Å²) in [6.45, 7) is 0. The van der Waals surface area contributed by atoms with Crippen molar-refractivity contribution < 1.29 is 23.6 Å². The van der Waals surface area contributed by atoms with Gasteiger partial charge in [-0.05, 0) is 18.2 Å². The molecule has 21 heavy (non-hydrogen) atoms. The Balaban J connectivity index is 2.43. The largest absolute Gasteiger partial charge is 0.478 e. The number of carboxylic acids is 1. The molecule has 0 bridgehead atoms. The van der Waals surface area contributed by atoms with E-state index >= 15 is 0 Å². The minimum absolute atomic E-state index is 0.00402. The van der Waals surface area contributed by atoms with Gasteiger partial charge in [0, 0.05) is 29.6 Å². The van der Waals surface area contributed by atoms with Crippen molar-refractivity contribution in [2.75, 3.05) is 5.32 Å². The van der Waals surface area contributed by atoms with Gasteiger partial charge in [-0.15, -0.1) is 0 Å². The van der Waals surface area contributed by atoms with E-state index in [4.69, 9.17) is 5.11 Å². The zero-order valence-corrected chi connectivity index (χ0v) is 10.3. The number of hydrogen-bond donors (Lipinski definition) is 2. The van der Waals surface area contributed by atoms with E-state index in [1.807, 2.05) is 0 Å². The number of nitro benzene ring substituents is 1. The van der Waals surface area contributed by atoms with Gasteiger partial charge in [0.25, 0.3) is 5.69 Å². The van der Waals surface area contributed by atoms with Crippen molar-refractivity contribution in [3.8, 4) is 0 Å². The Morgan fingerprint density at radius 2 is 1.62 bits per heavy atom. The van der Waals surface area contributed by atoms with Crippen LogP contribution in [0.4, 0.5) is 25.8 Å². The topological polar surface area (TPSA) is 92.5 Å². The second kappa shape index (κ2) is 5.53. The molecule has 0 saturated heterocycles. The molecule has 0 atom stereocenters. The molecular formula is C13H8F2N2O4. The normalized spacial score (nSPS) is 10.2. The first-order chi connectivity index (χ1) is 9.85. The van der Waals surface area contributed by atoms with Crippen LogP contribution in [0.15, 0.2) is 36.4 Å². The Morgan fingerprint density at radius 3 is 2.14 bits per heavy atom. The lowest BCUT2D eigenvalue weighted by atomic mass is 10.1. The Hall–Kier alpha value is -3.03. The lowest BCUT2D eigenvalue weighted by Crippen LogP contribution is -2.01. The number of halogens is 2. The van der Waals surface area contributed by atoms with Gasteiger partial charge >= 0.3 is 5.97 Å². The highest BCUT2D eigenvalue weighted by Gasteiger charge is 2.14. The summed E-state index contributed by atoms with van der Waals surface area (Å²) in [5, 5.41) is 22.2. The van der Waals surface area contributed by atoms with Crippen LogP contribution in [0.2, 0.25) is 0 Å². The van der Waals surface area contributed by atoms with E-state index in [0.717, 1.165) is 30.3 Å². The summed E-state index contributed by atoms with van der Waals surface area (Å²) < 4.78 is 26.1. The van der Waals surface area contributed by atoms with Gasteiger partial charge in [-0.2, -0.15) is 0 Å². The molecule has 2 aromatic carbocycles. The summed E-state index contributed by atoms with van der Waals surface area (Å²) in [5.41, 5.74) is -0.728. The zero-order valence-electron chi connectivity index (χ0n) is 10.3. The van der Waals surface area contributed by atoms with Crippen LogP contribution in [0, 0.1) is 21.7 Å². The van der Waals surface area contributed by atoms with Gasteiger partial charge in [-0.1, -0.05) is 0 Å². The minimum Gasteiger partial charge on any atom is -0.478 e. The molecule has 2 aromatic rings. The number of nitrogens with one attached hydrogen (secondary N) is 1. The molecule has 0 spiro atoms. The fourth-order valence-electron chi connectivity index (χ4n) is 1.70. The van der Waals surface area contributed by atoms with E-state index < -0.39 is 28.2 Å². The average molecular weight is 294 g/mol. The molecule has 6 nitrogen and oxygen atoms in total. The Bertz CT molecular complexity index is 682. The average Bonchev–Trinajstić information content (AvgIpc) is 2.36. The number of carboxylic acid groups (broad SMARTS) is 1. The van der Waals surface area contributed by atoms with Crippen LogP contribution in [0.1, 0.15) is 10.4 Å². The number of nitrogens with zero attached hydrogens (tertiary/aromatic N) is 1. The van der Waals surface area contributed by atoms with Gasteiger partial charge in [0.2, 0.25) is 0 Å². The number of hydrogen-bond acceptors (Lipinski definition) is 4. The third kappa shape index (κ3) is 3.50. The molecule has 2 rings (SSSR count). The molecule has 0 amide bonds. The molecule has 0 aromatic heterocycles. The molecule has 0 aliphatic rings. The van der Waals surface area contributed by atoms with Gasteiger partial charge in [0.15, 0.2) is 0 Å². The number of rotatable bonds is 4. The smallest absolute Gasteiger partial charge is 0.336 e. The third-order valence-electron chi connectivity index (χ3n) is 2.53. The van der Waals surface area contributed by atoms with Gasteiger partial charge in [-0.3, -0.25) is 10.1 Å². The quantitative estimate of drug-likeness (QED) is 0.666. The van der Waals surface area contributed by atoms with Gasteiger partial charge in [0.05, 0.1) is 10.5 Å². The predicted molar refractivity (Wildman–Crippen MR) is 69.7 cm³/mol. The molecule has 0 aliphatic heterocycles.